The van der Waals surface area contributed by atoms with Gasteiger partial charge in [-0.1, -0.05) is 42.5 Å². The van der Waals surface area contributed by atoms with Crippen LogP contribution in [-0.2, 0) is 9.53 Å². The maximum atomic E-state index is 12.6. The highest BCUT2D eigenvalue weighted by Crippen LogP contribution is 2.33. The van der Waals surface area contributed by atoms with Crippen LogP contribution >= 0.6 is 11.8 Å². The average molecular weight is 458 g/mol. The van der Waals surface area contributed by atoms with Crippen LogP contribution in [-0.4, -0.2) is 35.0 Å². The number of aliphatic imine (C=N–C) groups is 2. The lowest BCUT2D eigenvalue weighted by atomic mass is 10.1. The molecule has 1 aliphatic heterocycles. The molecule has 166 valence electrons. The van der Waals surface area contributed by atoms with Crippen molar-refractivity contribution >= 4 is 51.5 Å². The molecule has 7 heteroatoms. The molecule has 0 fully saturated rings. The third-order valence-electron chi connectivity index (χ3n) is 4.86. The van der Waals surface area contributed by atoms with Gasteiger partial charge < -0.3 is 10.1 Å². The lowest BCUT2D eigenvalue weighted by molar-refractivity contribution is -0.113. The molecule has 0 atom stereocenters. The molecule has 1 aliphatic rings. The number of esters is 1. The molecule has 0 unspecified atom stereocenters. The normalized spacial score (nSPS) is 12.6. The van der Waals surface area contributed by atoms with Crippen molar-refractivity contribution in [1.82, 2.24) is 0 Å². The van der Waals surface area contributed by atoms with Gasteiger partial charge in [-0.3, -0.25) is 9.79 Å². The molecule has 33 heavy (non-hydrogen) atoms. The van der Waals surface area contributed by atoms with Crippen molar-refractivity contribution < 1.29 is 14.3 Å². The Morgan fingerprint density at radius 2 is 1.58 bits per heavy atom. The van der Waals surface area contributed by atoms with Crippen molar-refractivity contribution in [2.24, 2.45) is 9.98 Å². The molecule has 6 nitrogen and oxygen atoms in total. The van der Waals surface area contributed by atoms with Crippen molar-refractivity contribution in [3.05, 3.63) is 90.0 Å². The van der Waals surface area contributed by atoms with E-state index in [1.54, 1.807) is 31.2 Å². The molecule has 3 aromatic rings. The number of carbonyl (C=O) groups excluding carboxylic acids is 2. The van der Waals surface area contributed by atoms with Gasteiger partial charge in [-0.25, -0.2) is 9.79 Å². The first-order valence-corrected chi connectivity index (χ1v) is 11.6. The number of nitrogens with one attached hydrogen (secondary N) is 1. The summed E-state index contributed by atoms with van der Waals surface area (Å²) in [6.45, 7) is 2.08. The van der Waals surface area contributed by atoms with E-state index in [1.807, 2.05) is 54.6 Å². The van der Waals surface area contributed by atoms with Gasteiger partial charge in [0.25, 0.3) is 0 Å². The Morgan fingerprint density at radius 1 is 0.909 bits per heavy atom. The standard InChI is InChI=1S/C26H23N3O3S/c1-2-32-26(31)19-12-14-20(15-13-19)27-24(30)17-33-25-16-23(18-8-4-3-5-9-18)28-21-10-6-7-11-22(21)29-25/h3-15H,2,16-17H2,1H3,(H,27,30). The summed E-state index contributed by atoms with van der Waals surface area (Å²) >= 11 is 1.40. The van der Waals surface area contributed by atoms with E-state index in [9.17, 15) is 9.59 Å². The van der Waals surface area contributed by atoms with Crippen molar-refractivity contribution in [2.75, 3.05) is 17.7 Å². The maximum absolute atomic E-state index is 12.6. The molecule has 0 aliphatic carbocycles. The number of amides is 1. The third-order valence-corrected chi connectivity index (χ3v) is 5.83. The van der Waals surface area contributed by atoms with Crippen LogP contribution < -0.4 is 5.32 Å². The minimum Gasteiger partial charge on any atom is -0.462 e. The van der Waals surface area contributed by atoms with Gasteiger partial charge in [0.1, 0.15) is 0 Å². The fraction of sp³-hybridized carbons (Fsp3) is 0.154. The fourth-order valence-electron chi connectivity index (χ4n) is 3.29. The predicted octanol–water partition coefficient (Wildman–Crippen LogP) is 5.79. The van der Waals surface area contributed by atoms with Crippen molar-refractivity contribution in [3.8, 4) is 0 Å². The predicted molar refractivity (Wildman–Crippen MR) is 134 cm³/mol. The van der Waals surface area contributed by atoms with E-state index in [4.69, 9.17) is 14.7 Å². The van der Waals surface area contributed by atoms with Crippen molar-refractivity contribution in [2.45, 2.75) is 13.3 Å². The smallest absolute Gasteiger partial charge is 0.338 e. The van der Waals surface area contributed by atoms with E-state index >= 15 is 0 Å². The first kappa shape index (κ1) is 22.5. The highest BCUT2D eigenvalue weighted by atomic mass is 32.2. The molecule has 4 rings (SSSR count). The third kappa shape index (κ3) is 5.96. The molecule has 0 aromatic heterocycles. The second-order valence-corrected chi connectivity index (χ2v) is 8.28. The number of ether oxygens (including phenoxy) is 1. The van der Waals surface area contributed by atoms with Crippen molar-refractivity contribution in [3.63, 3.8) is 0 Å². The number of thioether (sulfide) groups is 1. The summed E-state index contributed by atoms with van der Waals surface area (Å²) in [4.78, 5) is 33.9. The molecule has 1 amide bonds. The van der Waals surface area contributed by atoms with Crippen LogP contribution in [0.25, 0.3) is 0 Å². The number of para-hydroxylation sites is 2. The molecule has 3 aromatic carbocycles. The molecule has 1 N–H and O–H groups in total. The number of fused-ring (bicyclic) bond motifs is 1. The Bertz CT molecular complexity index is 1200. The lowest BCUT2D eigenvalue weighted by Crippen LogP contribution is -2.16. The number of anilines is 1. The number of hydrogen-bond donors (Lipinski definition) is 1. The van der Waals surface area contributed by atoms with Crippen LogP contribution in [0.4, 0.5) is 17.1 Å². The minimum absolute atomic E-state index is 0.151. The van der Waals surface area contributed by atoms with Crippen LogP contribution in [0.3, 0.4) is 0 Å². The Morgan fingerprint density at radius 3 is 2.27 bits per heavy atom. The molecule has 0 saturated carbocycles. The molecular weight excluding hydrogens is 434 g/mol. The zero-order valence-corrected chi connectivity index (χ0v) is 19.0. The van der Waals surface area contributed by atoms with Gasteiger partial charge in [0.15, 0.2) is 0 Å². The Kier molecular flexibility index (Phi) is 7.32. The molecule has 0 radical (unpaired) electrons. The van der Waals surface area contributed by atoms with Gasteiger partial charge in [0.2, 0.25) is 5.91 Å². The van der Waals surface area contributed by atoms with Gasteiger partial charge in [-0.05, 0) is 48.9 Å². The van der Waals surface area contributed by atoms with E-state index in [1.165, 1.54) is 11.8 Å². The molecular formula is C26H23N3O3S. The average Bonchev–Trinajstić information content (AvgIpc) is 3.03. The topological polar surface area (TPSA) is 80.1 Å². The minimum atomic E-state index is -0.381. The van der Waals surface area contributed by atoms with Crippen molar-refractivity contribution in [1.29, 1.82) is 0 Å². The summed E-state index contributed by atoms with van der Waals surface area (Å²) in [6, 6.07) is 24.4. The SMILES string of the molecule is CCOC(=O)c1ccc(NC(=O)CSC2=Nc3ccccc3N=C(c3ccccc3)C2)cc1. The highest BCUT2D eigenvalue weighted by Gasteiger charge is 2.16. The summed E-state index contributed by atoms with van der Waals surface area (Å²) in [5.74, 6) is -0.321. The first-order chi connectivity index (χ1) is 16.1. The molecule has 0 spiro atoms. The highest BCUT2D eigenvalue weighted by molar-refractivity contribution is 8.14. The van der Waals surface area contributed by atoms with Crippen LogP contribution in [0.5, 0.6) is 0 Å². The monoisotopic (exact) mass is 457 g/mol. The zero-order chi connectivity index (χ0) is 23.0. The largest absolute Gasteiger partial charge is 0.462 e. The van der Waals surface area contributed by atoms with Gasteiger partial charge >= 0.3 is 5.97 Å². The quantitative estimate of drug-likeness (QED) is 0.475. The maximum Gasteiger partial charge on any atom is 0.338 e. The van der Waals surface area contributed by atoms with Crippen LogP contribution in [0.2, 0.25) is 0 Å². The van der Waals surface area contributed by atoms with Crippen LogP contribution in [0.15, 0.2) is 88.8 Å². The molecule has 1 heterocycles. The van der Waals surface area contributed by atoms with Crippen LogP contribution in [0.1, 0.15) is 29.3 Å². The van der Waals surface area contributed by atoms with E-state index in [0.717, 1.165) is 27.7 Å². The van der Waals surface area contributed by atoms with Crippen LogP contribution in [0, 0.1) is 0 Å². The number of nitrogens with zero attached hydrogens (tertiary/aromatic N) is 2. The van der Waals surface area contributed by atoms with Gasteiger partial charge in [0.05, 0.1) is 40.1 Å². The van der Waals surface area contributed by atoms with E-state index < -0.39 is 0 Å². The number of carbonyl (C=O) groups is 2. The number of rotatable bonds is 6. The second kappa shape index (κ2) is 10.7. The Hall–Kier alpha value is -3.71. The second-order valence-electron chi connectivity index (χ2n) is 7.23. The van der Waals surface area contributed by atoms with Gasteiger partial charge in [-0.15, -0.1) is 11.8 Å². The Balaban J connectivity index is 1.43. The van der Waals surface area contributed by atoms with E-state index in [-0.39, 0.29) is 17.6 Å². The molecule has 0 bridgehead atoms. The summed E-state index contributed by atoms with van der Waals surface area (Å²) in [7, 11) is 0. The summed E-state index contributed by atoms with van der Waals surface area (Å²) in [6.07, 6.45) is 0.547. The first-order valence-electron chi connectivity index (χ1n) is 10.6. The molecule has 0 saturated heterocycles. The van der Waals surface area contributed by atoms with Gasteiger partial charge in [-0.2, -0.15) is 0 Å². The summed E-state index contributed by atoms with van der Waals surface area (Å²) < 4.78 is 4.98. The van der Waals surface area contributed by atoms with E-state index in [0.29, 0.717) is 24.3 Å². The lowest BCUT2D eigenvalue weighted by Gasteiger charge is -2.09. The fourth-order valence-corrected chi connectivity index (χ4v) is 4.06. The summed E-state index contributed by atoms with van der Waals surface area (Å²) in [5, 5.41) is 3.69. The summed E-state index contributed by atoms with van der Waals surface area (Å²) in [5.41, 5.74) is 4.63. The number of benzene rings is 3. The number of hydrogen-bond acceptors (Lipinski definition) is 6. The van der Waals surface area contributed by atoms with Gasteiger partial charge in [0, 0.05) is 12.1 Å². The Labute approximate surface area is 196 Å². The zero-order valence-electron chi connectivity index (χ0n) is 18.2. The van der Waals surface area contributed by atoms with E-state index in [2.05, 4.69) is 5.32 Å².